The van der Waals surface area contributed by atoms with Crippen molar-refractivity contribution in [3.63, 3.8) is 0 Å². The fraction of sp³-hybridized carbons (Fsp3) is 0.267. The highest BCUT2D eigenvalue weighted by Gasteiger charge is 2.41. The summed E-state index contributed by atoms with van der Waals surface area (Å²) >= 11 is 6.13. The van der Waals surface area contributed by atoms with Gasteiger partial charge in [-0.15, -0.1) is 0 Å². The monoisotopic (exact) mass is 499 g/mol. The van der Waals surface area contributed by atoms with Gasteiger partial charge in [-0.25, -0.2) is 0 Å². The van der Waals surface area contributed by atoms with Crippen LogP contribution in [0.4, 0.5) is 0 Å². The minimum atomic E-state index is -0.245. The van der Waals surface area contributed by atoms with Gasteiger partial charge in [-0.05, 0) is 54.2 Å². The maximum atomic E-state index is 13.6. The van der Waals surface area contributed by atoms with Gasteiger partial charge in [-0.3, -0.25) is 9.89 Å². The third-order valence-electron chi connectivity index (χ3n) is 6.63. The summed E-state index contributed by atoms with van der Waals surface area (Å²) in [5.74, 6) is 1.40. The smallest absolute Gasteiger partial charge is 0.273 e. The Kier molecular flexibility index (Phi) is 7.10. The molecule has 0 bridgehead atoms. The molecule has 1 amide bonds. The molecule has 1 atom stereocenters. The Hall–Kier alpha value is -3.57. The number of aromatic amines is 1. The number of amides is 1. The third kappa shape index (κ3) is 5.02. The van der Waals surface area contributed by atoms with E-state index in [1.165, 1.54) is 5.56 Å². The van der Waals surface area contributed by atoms with Crippen molar-refractivity contribution < 1.29 is 9.53 Å². The van der Waals surface area contributed by atoms with E-state index in [-0.39, 0.29) is 11.9 Å². The maximum Gasteiger partial charge on any atom is 0.273 e. The first-order valence-corrected chi connectivity index (χ1v) is 12.8. The van der Waals surface area contributed by atoms with Crippen molar-refractivity contribution in [2.45, 2.75) is 32.7 Å². The average Bonchev–Trinajstić information content (AvgIpc) is 3.43. The zero-order valence-corrected chi connectivity index (χ0v) is 21.3. The van der Waals surface area contributed by atoms with E-state index in [0.29, 0.717) is 29.8 Å². The second kappa shape index (κ2) is 10.6. The third-order valence-corrected chi connectivity index (χ3v) is 6.88. The van der Waals surface area contributed by atoms with Crippen molar-refractivity contribution in [3.8, 4) is 17.0 Å². The number of fused-ring (bicyclic) bond motifs is 1. The van der Waals surface area contributed by atoms with Crippen LogP contribution in [0.1, 0.15) is 53.5 Å². The summed E-state index contributed by atoms with van der Waals surface area (Å²) in [7, 11) is 0. The summed E-state index contributed by atoms with van der Waals surface area (Å²) in [6.07, 6.45) is 1.78. The van der Waals surface area contributed by atoms with Crippen LogP contribution in [0.15, 0.2) is 78.9 Å². The molecule has 36 heavy (non-hydrogen) atoms. The number of hydrogen-bond donors (Lipinski definition) is 1. The molecule has 1 unspecified atom stereocenters. The van der Waals surface area contributed by atoms with Crippen LogP contribution in [-0.4, -0.2) is 34.2 Å². The number of nitrogens with zero attached hydrogens (tertiary/aromatic N) is 2. The van der Waals surface area contributed by atoms with Crippen LogP contribution in [0.5, 0.6) is 5.75 Å². The van der Waals surface area contributed by atoms with Crippen molar-refractivity contribution in [2.24, 2.45) is 5.92 Å². The molecule has 0 spiro atoms. The Labute approximate surface area is 217 Å². The fourth-order valence-electron chi connectivity index (χ4n) is 4.65. The van der Waals surface area contributed by atoms with Gasteiger partial charge in [0.15, 0.2) is 0 Å². The highest BCUT2D eigenvalue weighted by atomic mass is 35.5. The van der Waals surface area contributed by atoms with Gasteiger partial charge < -0.3 is 9.64 Å². The highest BCUT2D eigenvalue weighted by Crippen LogP contribution is 2.43. The summed E-state index contributed by atoms with van der Waals surface area (Å²) in [6, 6.07) is 25.7. The highest BCUT2D eigenvalue weighted by molar-refractivity contribution is 6.30. The molecule has 4 aromatic rings. The molecule has 1 N–H and O–H groups in total. The standard InChI is InChI=1S/C30H30ClN3O2/c1-20(2)17-19-36-25-14-10-23(11-15-25)29-26-27(22-8-12-24(31)13-9-22)32-33-28(26)30(35)34(29)18-16-21-6-4-3-5-7-21/h3-15,20,29H,16-19H2,1-2H3,(H,32,33). The molecule has 0 aliphatic carbocycles. The van der Waals surface area contributed by atoms with Gasteiger partial charge in [0.1, 0.15) is 11.4 Å². The van der Waals surface area contributed by atoms with Crippen molar-refractivity contribution in [1.82, 2.24) is 15.1 Å². The number of carbonyl (C=O) groups is 1. The first kappa shape index (κ1) is 24.1. The van der Waals surface area contributed by atoms with E-state index in [4.69, 9.17) is 16.3 Å². The lowest BCUT2D eigenvalue weighted by Crippen LogP contribution is -2.31. The lowest BCUT2D eigenvalue weighted by atomic mass is 9.96. The molecular weight excluding hydrogens is 470 g/mol. The number of benzene rings is 3. The first-order chi connectivity index (χ1) is 17.5. The van der Waals surface area contributed by atoms with E-state index in [1.54, 1.807) is 0 Å². The van der Waals surface area contributed by atoms with E-state index in [1.807, 2.05) is 59.5 Å². The predicted octanol–water partition coefficient (Wildman–Crippen LogP) is 6.94. The SMILES string of the molecule is CC(C)CCOc1ccc(C2c3c(-c4ccc(Cl)cc4)n[nH]c3C(=O)N2CCc2ccccc2)cc1. The van der Waals surface area contributed by atoms with E-state index in [2.05, 4.69) is 48.3 Å². The molecule has 5 nitrogen and oxygen atoms in total. The quantitative estimate of drug-likeness (QED) is 0.271. The largest absolute Gasteiger partial charge is 0.494 e. The molecule has 0 saturated heterocycles. The van der Waals surface area contributed by atoms with Crippen molar-refractivity contribution in [2.75, 3.05) is 13.2 Å². The molecule has 1 aromatic heterocycles. The zero-order valence-electron chi connectivity index (χ0n) is 20.6. The van der Waals surface area contributed by atoms with E-state index in [0.717, 1.165) is 41.0 Å². The number of hydrogen-bond acceptors (Lipinski definition) is 3. The number of nitrogens with one attached hydrogen (secondary N) is 1. The van der Waals surface area contributed by atoms with E-state index in [9.17, 15) is 4.79 Å². The number of halogens is 1. The number of rotatable bonds is 9. The van der Waals surface area contributed by atoms with E-state index < -0.39 is 0 Å². The summed E-state index contributed by atoms with van der Waals surface area (Å²) < 4.78 is 5.93. The lowest BCUT2D eigenvalue weighted by molar-refractivity contribution is 0.0746. The van der Waals surface area contributed by atoms with Crippen molar-refractivity contribution in [3.05, 3.63) is 106 Å². The Morgan fingerprint density at radius 3 is 2.42 bits per heavy atom. The van der Waals surface area contributed by atoms with Gasteiger partial charge in [-0.2, -0.15) is 5.10 Å². The topological polar surface area (TPSA) is 58.2 Å². The Bertz CT molecular complexity index is 1310. The van der Waals surface area contributed by atoms with Crippen LogP contribution in [-0.2, 0) is 6.42 Å². The molecule has 1 aliphatic rings. The lowest BCUT2D eigenvalue weighted by Gasteiger charge is -2.26. The zero-order chi connectivity index (χ0) is 25.1. The number of H-pyrrole nitrogens is 1. The molecule has 0 fully saturated rings. The maximum absolute atomic E-state index is 13.6. The van der Waals surface area contributed by atoms with Crippen molar-refractivity contribution >= 4 is 17.5 Å². The minimum absolute atomic E-state index is 0.0316. The molecular formula is C30H30ClN3O2. The van der Waals surface area contributed by atoms with Crippen LogP contribution in [0.2, 0.25) is 5.02 Å². The molecule has 0 radical (unpaired) electrons. The normalized spacial score (nSPS) is 14.9. The van der Waals surface area contributed by atoms with Gasteiger partial charge in [0.25, 0.3) is 5.91 Å². The molecule has 6 heteroatoms. The molecule has 3 aromatic carbocycles. The average molecular weight is 500 g/mol. The first-order valence-electron chi connectivity index (χ1n) is 12.4. The Morgan fingerprint density at radius 1 is 1.00 bits per heavy atom. The molecule has 1 aliphatic heterocycles. The van der Waals surface area contributed by atoms with Gasteiger partial charge >= 0.3 is 0 Å². The molecule has 2 heterocycles. The van der Waals surface area contributed by atoms with Gasteiger partial charge in [0.05, 0.1) is 18.3 Å². The van der Waals surface area contributed by atoms with Crippen LogP contribution < -0.4 is 4.74 Å². The van der Waals surface area contributed by atoms with Gasteiger partial charge in [0, 0.05) is 22.7 Å². The molecule has 0 saturated carbocycles. The minimum Gasteiger partial charge on any atom is -0.494 e. The van der Waals surface area contributed by atoms with Crippen LogP contribution in [0.3, 0.4) is 0 Å². The van der Waals surface area contributed by atoms with Gasteiger partial charge in [0.2, 0.25) is 0 Å². The Balaban J connectivity index is 1.48. The number of ether oxygens (including phenoxy) is 1. The summed E-state index contributed by atoms with van der Waals surface area (Å²) in [6.45, 7) is 5.67. The van der Waals surface area contributed by atoms with E-state index >= 15 is 0 Å². The van der Waals surface area contributed by atoms with Crippen LogP contribution in [0.25, 0.3) is 11.3 Å². The predicted molar refractivity (Wildman–Crippen MR) is 143 cm³/mol. The van der Waals surface area contributed by atoms with Gasteiger partial charge in [-0.1, -0.05) is 80.0 Å². The summed E-state index contributed by atoms with van der Waals surface area (Å²) in [5, 5.41) is 8.24. The second-order valence-corrected chi connectivity index (χ2v) is 10.0. The summed E-state index contributed by atoms with van der Waals surface area (Å²) in [4.78, 5) is 15.5. The Morgan fingerprint density at radius 2 is 1.72 bits per heavy atom. The van der Waals surface area contributed by atoms with Crippen LogP contribution >= 0.6 is 11.6 Å². The summed E-state index contributed by atoms with van der Waals surface area (Å²) in [5.41, 5.74) is 5.39. The molecule has 5 rings (SSSR count). The molecule has 184 valence electrons. The fourth-order valence-corrected chi connectivity index (χ4v) is 4.78. The second-order valence-electron chi connectivity index (χ2n) is 9.60. The number of carbonyl (C=O) groups excluding carboxylic acids is 1. The number of aromatic nitrogens is 2. The van der Waals surface area contributed by atoms with Crippen LogP contribution in [0, 0.1) is 5.92 Å². The van der Waals surface area contributed by atoms with Crippen molar-refractivity contribution in [1.29, 1.82) is 0 Å².